The van der Waals surface area contributed by atoms with E-state index >= 15 is 0 Å². The van der Waals surface area contributed by atoms with E-state index in [9.17, 15) is 0 Å². The van der Waals surface area contributed by atoms with Crippen molar-refractivity contribution in [2.24, 2.45) is 10.2 Å². The van der Waals surface area contributed by atoms with Gasteiger partial charge in [0.1, 0.15) is 6.33 Å². The topological polar surface area (TPSA) is 88.5 Å². The van der Waals surface area contributed by atoms with Crippen LogP contribution in [0.5, 0.6) is 0 Å². The number of nitrogen functional groups attached to an aromatic ring is 1. The molecule has 3 N–H and O–H groups in total. The second kappa shape index (κ2) is 5.72. The van der Waals surface area contributed by atoms with Gasteiger partial charge < -0.3 is 11.1 Å². The van der Waals surface area contributed by atoms with Crippen molar-refractivity contribution in [1.82, 2.24) is 9.97 Å². The smallest absolute Gasteiger partial charge is 0.170 e. The van der Waals surface area contributed by atoms with E-state index in [-0.39, 0.29) is 0 Å². The van der Waals surface area contributed by atoms with Crippen molar-refractivity contribution in [1.29, 1.82) is 0 Å². The van der Waals surface area contributed by atoms with Gasteiger partial charge in [0.2, 0.25) is 0 Å². The summed E-state index contributed by atoms with van der Waals surface area (Å²) in [7, 11) is 0. The Morgan fingerprint density at radius 3 is 2.67 bits per heavy atom. The third-order valence-corrected chi connectivity index (χ3v) is 2.22. The summed E-state index contributed by atoms with van der Waals surface area (Å²) in [6.45, 7) is 2.70. The van der Waals surface area contributed by atoms with Crippen molar-refractivity contribution < 1.29 is 0 Å². The van der Waals surface area contributed by atoms with Crippen molar-refractivity contribution in [3.8, 4) is 0 Å². The molecule has 2 rings (SSSR count). The maximum atomic E-state index is 5.77. The number of hydrogen-bond donors (Lipinski definition) is 2. The summed E-state index contributed by atoms with van der Waals surface area (Å²) >= 11 is 0. The summed E-state index contributed by atoms with van der Waals surface area (Å²) in [5.41, 5.74) is 6.99. The number of nitrogens with two attached hydrogens (primary N) is 1. The molecule has 0 fully saturated rings. The van der Waals surface area contributed by atoms with E-state index in [0.29, 0.717) is 17.3 Å². The van der Waals surface area contributed by atoms with Crippen LogP contribution in [0.2, 0.25) is 0 Å². The highest BCUT2D eigenvalue weighted by Crippen LogP contribution is 2.29. The van der Waals surface area contributed by atoms with Gasteiger partial charge in [0, 0.05) is 6.54 Å². The zero-order valence-electron chi connectivity index (χ0n) is 10.0. The third kappa shape index (κ3) is 2.79. The Kier molecular flexibility index (Phi) is 3.80. The highest BCUT2D eigenvalue weighted by molar-refractivity contribution is 5.71. The molecule has 2 aromatic rings. The van der Waals surface area contributed by atoms with E-state index in [2.05, 4.69) is 25.5 Å². The van der Waals surface area contributed by atoms with Gasteiger partial charge >= 0.3 is 0 Å². The Bertz CT molecular complexity index is 538. The molecule has 6 nitrogen and oxygen atoms in total. The summed E-state index contributed by atoms with van der Waals surface area (Å²) in [6, 6.07) is 9.42. The van der Waals surface area contributed by atoms with Gasteiger partial charge in [0.05, 0.1) is 5.69 Å². The predicted molar refractivity (Wildman–Crippen MR) is 71.2 cm³/mol. The normalized spacial score (nSPS) is 10.7. The predicted octanol–water partition coefficient (Wildman–Crippen LogP) is 2.91. The van der Waals surface area contributed by atoms with E-state index in [0.717, 1.165) is 12.2 Å². The van der Waals surface area contributed by atoms with Crippen LogP contribution < -0.4 is 11.1 Å². The first-order valence-corrected chi connectivity index (χ1v) is 5.62. The van der Waals surface area contributed by atoms with Crippen molar-refractivity contribution in [3.63, 3.8) is 0 Å². The summed E-state index contributed by atoms with van der Waals surface area (Å²) in [4.78, 5) is 7.99. The van der Waals surface area contributed by atoms with E-state index in [1.807, 2.05) is 37.3 Å². The van der Waals surface area contributed by atoms with Crippen molar-refractivity contribution >= 4 is 23.0 Å². The SMILES string of the molecule is CCNc1ncnc(N)c1N=Nc1ccccc1. The van der Waals surface area contributed by atoms with Crippen molar-refractivity contribution in [2.75, 3.05) is 17.6 Å². The zero-order chi connectivity index (χ0) is 12.8. The maximum absolute atomic E-state index is 5.77. The molecule has 0 saturated heterocycles. The van der Waals surface area contributed by atoms with Gasteiger partial charge in [0.25, 0.3) is 0 Å². The molecule has 6 heteroatoms. The van der Waals surface area contributed by atoms with Crippen LogP contribution in [0.15, 0.2) is 46.9 Å². The molecule has 0 atom stereocenters. The Balaban J connectivity index is 2.30. The highest BCUT2D eigenvalue weighted by Gasteiger charge is 2.07. The summed E-state index contributed by atoms with van der Waals surface area (Å²) < 4.78 is 0. The fourth-order valence-corrected chi connectivity index (χ4v) is 1.39. The quantitative estimate of drug-likeness (QED) is 0.807. The fraction of sp³-hybridized carbons (Fsp3) is 0.167. The van der Waals surface area contributed by atoms with Crippen LogP contribution in [-0.4, -0.2) is 16.5 Å². The summed E-state index contributed by atoms with van der Waals surface area (Å²) in [5, 5.41) is 11.3. The number of benzene rings is 1. The van der Waals surface area contributed by atoms with Crippen LogP contribution in [0.4, 0.5) is 23.0 Å². The first-order chi connectivity index (χ1) is 8.81. The molecule has 0 aliphatic carbocycles. The molecule has 1 aromatic heterocycles. The van der Waals surface area contributed by atoms with E-state index in [1.165, 1.54) is 6.33 Å². The molecule has 0 amide bonds. The molecule has 0 aliphatic rings. The van der Waals surface area contributed by atoms with Gasteiger partial charge in [0.15, 0.2) is 17.3 Å². The van der Waals surface area contributed by atoms with Crippen LogP contribution in [0.1, 0.15) is 6.92 Å². The van der Waals surface area contributed by atoms with Crippen LogP contribution in [0, 0.1) is 0 Å². The van der Waals surface area contributed by atoms with Crippen LogP contribution >= 0.6 is 0 Å². The Morgan fingerprint density at radius 1 is 1.17 bits per heavy atom. The van der Waals surface area contributed by atoms with Crippen LogP contribution in [0.25, 0.3) is 0 Å². The minimum atomic E-state index is 0.306. The minimum Gasteiger partial charge on any atom is -0.382 e. The minimum absolute atomic E-state index is 0.306. The third-order valence-electron chi connectivity index (χ3n) is 2.22. The lowest BCUT2D eigenvalue weighted by molar-refractivity contribution is 1.09. The number of anilines is 2. The Morgan fingerprint density at radius 2 is 1.94 bits per heavy atom. The number of hydrogen-bond acceptors (Lipinski definition) is 6. The first kappa shape index (κ1) is 12.0. The highest BCUT2D eigenvalue weighted by atomic mass is 15.2. The van der Waals surface area contributed by atoms with E-state index < -0.39 is 0 Å². The lowest BCUT2D eigenvalue weighted by atomic mass is 10.3. The molecule has 0 spiro atoms. The number of rotatable bonds is 4. The van der Waals surface area contributed by atoms with Gasteiger partial charge in [-0.25, -0.2) is 9.97 Å². The molecular weight excluding hydrogens is 228 g/mol. The van der Waals surface area contributed by atoms with Crippen LogP contribution in [0.3, 0.4) is 0 Å². The van der Waals surface area contributed by atoms with E-state index in [4.69, 9.17) is 5.73 Å². The molecule has 1 heterocycles. The monoisotopic (exact) mass is 242 g/mol. The average Bonchev–Trinajstić information content (AvgIpc) is 2.40. The van der Waals surface area contributed by atoms with Gasteiger partial charge in [-0.05, 0) is 19.1 Å². The molecule has 0 radical (unpaired) electrons. The summed E-state index contributed by atoms with van der Waals surface area (Å²) in [5.74, 6) is 0.894. The van der Waals surface area contributed by atoms with Gasteiger partial charge in [-0.3, -0.25) is 0 Å². The van der Waals surface area contributed by atoms with Crippen LogP contribution in [-0.2, 0) is 0 Å². The molecule has 18 heavy (non-hydrogen) atoms. The standard InChI is InChI=1S/C12H14N6/c1-2-14-12-10(11(13)15-8-16-12)18-17-9-6-4-3-5-7-9/h3-8H,2H2,1H3,(H3,13,14,15,16). The fourth-order valence-electron chi connectivity index (χ4n) is 1.39. The second-order valence-corrected chi connectivity index (χ2v) is 3.52. The first-order valence-electron chi connectivity index (χ1n) is 5.62. The Hall–Kier alpha value is -2.50. The number of aromatic nitrogens is 2. The number of nitrogens with one attached hydrogen (secondary N) is 1. The molecule has 1 aromatic carbocycles. The average molecular weight is 242 g/mol. The Labute approximate surface area is 105 Å². The second-order valence-electron chi connectivity index (χ2n) is 3.52. The lowest BCUT2D eigenvalue weighted by Gasteiger charge is -2.05. The zero-order valence-corrected chi connectivity index (χ0v) is 10.0. The van der Waals surface area contributed by atoms with Gasteiger partial charge in [-0.1, -0.05) is 18.2 Å². The number of azo groups is 1. The molecule has 92 valence electrons. The molecule has 0 saturated carbocycles. The van der Waals surface area contributed by atoms with Crippen molar-refractivity contribution in [3.05, 3.63) is 36.7 Å². The largest absolute Gasteiger partial charge is 0.382 e. The molecule has 0 aliphatic heterocycles. The van der Waals surface area contributed by atoms with E-state index in [1.54, 1.807) is 0 Å². The van der Waals surface area contributed by atoms with Gasteiger partial charge in [-0.15, -0.1) is 5.11 Å². The molecular formula is C12H14N6. The van der Waals surface area contributed by atoms with Crippen molar-refractivity contribution in [2.45, 2.75) is 6.92 Å². The molecule has 0 unspecified atom stereocenters. The maximum Gasteiger partial charge on any atom is 0.170 e. The molecule has 0 bridgehead atoms. The summed E-state index contributed by atoms with van der Waals surface area (Å²) in [6.07, 6.45) is 1.40. The number of nitrogens with zero attached hydrogens (tertiary/aromatic N) is 4. The van der Waals surface area contributed by atoms with Gasteiger partial charge in [-0.2, -0.15) is 5.11 Å². The lowest BCUT2D eigenvalue weighted by Crippen LogP contribution is -2.02.